The summed E-state index contributed by atoms with van der Waals surface area (Å²) in [6, 6.07) is 11.8. The van der Waals surface area contributed by atoms with Crippen LogP contribution in [0.15, 0.2) is 48.9 Å². The number of carbonyl (C=O) groups excluding carboxylic acids is 1. The van der Waals surface area contributed by atoms with Crippen LogP contribution < -0.4 is 9.80 Å². The van der Waals surface area contributed by atoms with Gasteiger partial charge in [0.25, 0.3) is 5.91 Å². The van der Waals surface area contributed by atoms with E-state index in [0.717, 1.165) is 25.1 Å². The minimum atomic E-state index is -0.0243. The lowest BCUT2D eigenvalue weighted by Gasteiger charge is -2.39. The highest BCUT2D eigenvalue weighted by Gasteiger charge is 2.41. The van der Waals surface area contributed by atoms with Crippen LogP contribution in [0.4, 0.5) is 11.5 Å². The second-order valence-corrected chi connectivity index (χ2v) is 8.72. The molecule has 3 aromatic rings. The number of piperidine rings is 1. The molecule has 9 heteroatoms. The van der Waals surface area contributed by atoms with Crippen molar-refractivity contribution in [1.29, 1.82) is 5.26 Å². The van der Waals surface area contributed by atoms with E-state index >= 15 is 0 Å². The molecule has 4 heterocycles. The van der Waals surface area contributed by atoms with Gasteiger partial charge < -0.3 is 14.7 Å². The van der Waals surface area contributed by atoms with Crippen LogP contribution in [0.1, 0.15) is 28.8 Å². The number of carbonyl (C=O) groups is 1. The van der Waals surface area contributed by atoms with E-state index < -0.39 is 0 Å². The normalized spacial score (nSPS) is 19.8. The highest BCUT2D eigenvalue weighted by molar-refractivity contribution is 5.97. The zero-order valence-corrected chi connectivity index (χ0v) is 18.8. The Balaban J connectivity index is 1.43. The van der Waals surface area contributed by atoms with Gasteiger partial charge in [0.05, 0.1) is 35.4 Å². The molecule has 2 aromatic heterocycles. The van der Waals surface area contributed by atoms with Crippen LogP contribution in [-0.4, -0.2) is 70.6 Å². The van der Waals surface area contributed by atoms with Crippen LogP contribution >= 0.6 is 0 Å². The molecule has 168 valence electrons. The number of benzene rings is 1. The number of pyridine rings is 1. The van der Waals surface area contributed by atoms with Gasteiger partial charge in [-0.15, -0.1) is 0 Å². The standard InChI is InChI=1S/C24H26N8O/c1-29(2)20-7-10-26-23(19(20)15-25)31-14-9-17-8-13-30(16-22(17)31)24(33)18-5-3-4-6-21(18)32-27-11-12-28-32/h3-7,10-12,17,22H,8-9,13-14,16H2,1-2H3/t17-,22-/m0/s1. The van der Waals surface area contributed by atoms with Crippen LogP contribution in [0.5, 0.6) is 0 Å². The number of nitriles is 1. The number of fused-ring (bicyclic) bond motifs is 1. The summed E-state index contributed by atoms with van der Waals surface area (Å²) in [7, 11) is 3.86. The average molecular weight is 443 g/mol. The van der Waals surface area contributed by atoms with E-state index in [4.69, 9.17) is 0 Å². The molecule has 2 saturated heterocycles. The molecule has 5 rings (SSSR count). The maximum atomic E-state index is 13.6. The lowest BCUT2D eigenvalue weighted by atomic mass is 9.91. The maximum Gasteiger partial charge on any atom is 0.256 e. The molecule has 0 N–H and O–H groups in total. The van der Waals surface area contributed by atoms with E-state index in [1.807, 2.05) is 54.2 Å². The fourth-order valence-corrected chi connectivity index (χ4v) is 5.07. The van der Waals surface area contributed by atoms with Crippen molar-refractivity contribution in [2.24, 2.45) is 5.92 Å². The summed E-state index contributed by atoms with van der Waals surface area (Å²) in [6.07, 6.45) is 6.94. The molecule has 2 atom stereocenters. The van der Waals surface area contributed by atoms with Crippen molar-refractivity contribution in [3.05, 3.63) is 60.0 Å². The fraction of sp³-hybridized carbons (Fsp3) is 0.375. The summed E-state index contributed by atoms with van der Waals surface area (Å²) in [5.74, 6) is 1.17. The molecule has 33 heavy (non-hydrogen) atoms. The van der Waals surface area contributed by atoms with Crippen molar-refractivity contribution in [2.75, 3.05) is 43.5 Å². The number of anilines is 2. The predicted octanol–water partition coefficient (Wildman–Crippen LogP) is 2.34. The quantitative estimate of drug-likeness (QED) is 0.612. The number of amides is 1. The highest BCUT2D eigenvalue weighted by atomic mass is 16.2. The minimum absolute atomic E-state index is 0.0243. The van der Waals surface area contributed by atoms with Gasteiger partial charge in [0.2, 0.25) is 0 Å². The Morgan fingerprint density at radius 2 is 1.85 bits per heavy atom. The largest absolute Gasteiger partial charge is 0.376 e. The van der Waals surface area contributed by atoms with Crippen LogP contribution in [0.25, 0.3) is 5.69 Å². The molecule has 2 aliphatic heterocycles. The van der Waals surface area contributed by atoms with E-state index in [9.17, 15) is 10.1 Å². The Hall–Kier alpha value is -3.93. The van der Waals surface area contributed by atoms with Crippen molar-refractivity contribution in [3.8, 4) is 11.8 Å². The molecule has 9 nitrogen and oxygen atoms in total. The summed E-state index contributed by atoms with van der Waals surface area (Å²) < 4.78 is 0. The van der Waals surface area contributed by atoms with Crippen molar-refractivity contribution in [3.63, 3.8) is 0 Å². The van der Waals surface area contributed by atoms with Gasteiger partial charge in [0, 0.05) is 39.9 Å². The first kappa shape index (κ1) is 20.9. The number of para-hydroxylation sites is 1. The lowest BCUT2D eigenvalue weighted by Crippen LogP contribution is -2.50. The molecule has 2 aliphatic rings. The third kappa shape index (κ3) is 3.67. The molecule has 0 unspecified atom stereocenters. The first-order valence-corrected chi connectivity index (χ1v) is 11.2. The Labute approximate surface area is 192 Å². The second kappa shape index (κ2) is 8.54. The van der Waals surface area contributed by atoms with Gasteiger partial charge >= 0.3 is 0 Å². The van der Waals surface area contributed by atoms with Gasteiger partial charge in [-0.25, -0.2) is 4.98 Å². The smallest absolute Gasteiger partial charge is 0.256 e. The van der Waals surface area contributed by atoms with Crippen molar-refractivity contribution in [1.82, 2.24) is 24.9 Å². The summed E-state index contributed by atoms with van der Waals surface area (Å²) in [5, 5.41) is 18.3. The highest BCUT2D eigenvalue weighted by Crippen LogP contribution is 2.38. The molecular formula is C24H26N8O. The zero-order chi connectivity index (χ0) is 22.9. The van der Waals surface area contributed by atoms with Crippen LogP contribution in [0.2, 0.25) is 0 Å². The van der Waals surface area contributed by atoms with Gasteiger partial charge in [0.1, 0.15) is 17.5 Å². The van der Waals surface area contributed by atoms with E-state index in [-0.39, 0.29) is 11.9 Å². The van der Waals surface area contributed by atoms with Gasteiger partial charge in [0.15, 0.2) is 0 Å². The van der Waals surface area contributed by atoms with Crippen LogP contribution in [0, 0.1) is 17.2 Å². The monoisotopic (exact) mass is 442 g/mol. The third-order valence-electron chi connectivity index (χ3n) is 6.69. The number of aromatic nitrogens is 4. The molecule has 0 radical (unpaired) electrons. The first-order valence-electron chi connectivity index (χ1n) is 11.2. The molecule has 0 bridgehead atoms. The average Bonchev–Trinajstić information content (AvgIpc) is 3.53. The van der Waals surface area contributed by atoms with E-state index in [1.54, 1.807) is 18.6 Å². The fourth-order valence-electron chi connectivity index (χ4n) is 5.07. The number of hydrogen-bond donors (Lipinski definition) is 0. The van der Waals surface area contributed by atoms with Gasteiger partial charge in [-0.1, -0.05) is 12.1 Å². The number of likely N-dealkylation sites (tertiary alicyclic amines) is 1. The van der Waals surface area contributed by atoms with Crippen molar-refractivity contribution >= 4 is 17.4 Å². The van der Waals surface area contributed by atoms with E-state index in [0.29, 0.717) is 41.6 Å². The van der Waals surface area contributed by atoms with Crippen LogP contribution in [0.3, 0.4) is 0 Å². The SMILES string of the molecule is CN(C)c1ccnc(N2CC[C@@H]3CCN(C(=O)c4ccccc4-n4nccn4)C[C@@H]32)c1C#N. The van der Waals surface area contributed by atoms with Crippen LogP contribution in [-0.2, 0) is 0 Å². The molecule has 0 spiro atoms. The third-order valence-corrected chi connectivity index (χ3v) is 6.69. The zero-order valence-electron chi connectivity index (χ0n) is 18.8. The second-order valence-electron chi connectivity index (χ2n) is 8.72. The molecule has 0 saturated carbocycles. The lowest BCUT2D eigenvalue weighted by molar-refractivity contribution is 0.0678. The Bertz CT molecular complexity index is 1200. The number of nitrogens with zero attached hydrogens (tertiary/aromatic N) is 8. The van der Waals surface area contributed by atoms with Crippen molar-refractivity contribution in [2.45, 2.75) is 18.9 Å². The summed E-state index contributed by atoms with van der Waals surface area (Å²) in [6.45, 7) is 2.15. The molecule has 1 amide bonds. The Morgan fingerprint density at radius 3 is 2.61 bits per heavy atom. The maximum absolute atomic E-state index is 13.6. The predicted molar refractivity (Wildman–Crippen MR) is 124 cm³/mol. The van der Waals surface area contributed by atoms with Crippen molar-refractivity contribution < 1.29 is 4.79 Å². The minimum Gasteiger partial charge on any atom is -0.376 e. The van der Waals surface area contributed by atoms with E-state index in [1.165, 1.54) is 4.80 Å². The number of rotatable bonds is 4. The Morgan fingerprint density at radius 1 is 1.09 bits per heavy atom. The summed E-state index contributed by atoms with van der Waals surface area (Å²) in [5.41, 5.74) is 2.70. The van der Waals surface area contributed by atoms with E-state index in [2.05, 4.69) is 26.2 Å². The first-order chi connectivity index (χ1) is 16.1. The summed E-state index contributed by atoms with van der Waals surface area (Å²) >= 11 is 0. The molecule has 2 fully saturated rings. The number of hydrogen-bond acceptors (Lipinski definition) is 7. The van der Waals surface area contributed by atoms with Gasteiger partial charge in [-0.05, 0) is 37.0 Å². The molecular weight excluding hydrogens is 416 g/mol. The molecule has 1 aromatic carbocycles. The Kier molecular flexibility index (Phi) is 5.42. The molecule has 0 aliphatic carbocycles. The van der Waals surface area contributed by atoms with Gasteiger partial charge in [-0.3, -0.25) is 4.79 Å². The van der Waals surface area contributed by atoms with Gasteiger partial charge in [-0.2, -0.15) is 20.3 Å². The summed E-state index contributed by atoms with van der Waals surface area (Å²) in [4.78, 5) is 25.7. The topological polar surface area (TPSA) is 94.2 Å².